The minimum Gasteiger partial charge on any atom is -0.356 e. The Labute approximate surface area is 154 Å². The topological polar surface area (TPSA) is 36.1 Å². The summed E-state index contributed by atoms with van der Waals surface area (Å²) in [4.78, 5) is 18.8. The molecule has 2 aliphatic heterocycles. The Bertz CT molecular complexity index is 1000. The highest BCUT2D eigenvalue weighted by Crippen LogP contribution is 2.44. The summed E-state index contributed by atoms with van der Waals surface area (Å²) in [5.74, 6) is 0.429. The fourth-order valence-electron chi connectivity index (χ4n) is 5.01. The third-order valence-corrected chi connectivity index (χ3v) is 6.17. The number of nitrogens with one attached hydrogen (secondary N) is 1. The van der Waals surface area contributed by atoms with Crippen molar-refractivity contribution in [3.8, 4) is 0 Å². The number of aryl methyl sites for hydroxylation is 2. The number of carbonyl (C=O) groups excluding carboxylic acids is 1. The predicted molar refractivity (Wildman–Crippen MR) is 104 cm³/mol. The van der Waals surface area contributed by atoms with Gasteiger partial charge in [0.05, 0.1) is 6.04 Å². The molecule has 1 saturated heterocycles. The van der Waals surface area contributed by atoms with Crippen LogP contribution < -0.4 is 0 Å². The van der Waals surface area contributed by atoms with Crippen LogP contribution >= 0.6 is 0 Å². The van der Waals surface area contributed by atoms with Crippen LogP contribution in [0, 0.1) is 19.8 Å². The average molecular weight is 344 g/mol. The first-order chi connectivity index (χ1) is 12.6. The minimum atomic E-state index is 0.0996. The molecule has 5 rings (SSSR count). The molecule has 2 atom stereocenters. The Hall–Kier alpha value is -2.55. The van der Waals surface area contributed by atoms with Gasteiger partial charge in [0.25, 0.3) is 0 Å². The van der Waals surface area contributed by atoms with Crippen LogP contribution in [0.3, 0.4) is 0 Å². The number of carbonyl (C=O) groups is 1. The molecule has 0 saturated carbocycles. The normalized spacial score (nSPS) is 21.9. The lowest BCUT2D eigenvalue weighted by Crippen LogP contribution is -2.35. The Morgan fingerprint density at radius 1 is 1.15 bits per heavy atom. The zero-order valence-electron chi connectivity index (χ0n) is 15.4. The fraction of sp³-hybridized carbons (Fsp3) is 0.348. The van der Waals surface area contributed by atoms with Crippen molar-refractivity contribution in [1.82, 2.24) is 9.88 Å². The molecule has 0 spiro atoms. The van der Waals surface area contributed by atoms with Crippen molar-refractivity contribution in [3.63, 3.8) is 0 Å². The zero-order chi connectivity index (χ0) is 17.8. The fourth-order valence-corrected chi connectivity index (χ4v) is 5.01. The first-order valence-electron chi connectivity index (χ1n) is 9.58. The van der Waals surface area contributed by atoms with Gasteiger partial charge < -0.3 is 9.88 Å². The van der Waals surface area contributed by atoms with E-state index in [1.165, 1.54) is 38.9 Å². The highest BCUT2D eigenvalue weighted by molar-refractivity contribution is 5.90. The SMILES string of the molecule is Cc1cc(C)c2[nH]c3c(c2c1)CCN1C(=O)[C@@H](Cc2ccccc2)C[C@@H]31. The van der Waals surface area contributed by atoms with E-state index in [-0.39, 0.29) is 12.0 Å². The highest BCUT2D eigenvalue weighted by Gasteiger charge is 2.43. The second-order valence-electron chi connectivity index (χ2n) is 7.94. The maximum atomic E-state index is 13.0. The van der Waals surface area contributed by atoms with Gasteiger partial charge in [0.2, 0.25) is 5.91 Å². The maximum absolute atomic E-state index is 13.0. The first kappa shape index (κ1) is 15.7. The molecular weight excluding hydrogens is 320 g/mol. The van der Waals surface area contributed by atoms with E-state index in [1.54, 1.807) is 0 Å². The number of hydrogen-bond donors (Lipinski definition) is 1. The number of hydrogen-bond acceptors (Lipinski definition) is 1. The molecule has 3 heterocycles. The molecule has 1 N–H and O–H groups in total. The molecule has 26 heavy (non-hydrogen) atoms. The van der Waals surface area contributed by atoms with E-state index >= 15 is 0 Å². The summed E-state index contributed by atoms with van der Waals surface area (Å²) in [6.45, 7) is 5.19. The van der Waals surface area contributed by atoms with E-state index in [9.17, 15) is 4.79 Å². The Kier molecular flexibility index (Phi) is 3.46. The van der Waals surface area contributed by atoms with Crippen molar-refractivity contribution in [2.45, 2.75) is 39.2 Å². The molecule has 1 fully saturated rings. The monoisotopic (exact) mass is 344 g/mol. The van der Waals surface area contributed by atoms with E-state index in [0.717, 1.165) is 25.8 Å². The Morgan fingerprint density at radius 2 is 1.96 bits per heavy atom. The molecule has 2 aliphatic rings. The molecular formula is C23H24N2O. The van der Waals surface area contributed by atoms with Gasteiger partial charge in [0.15, 0.2) is 0 Å². The number of aromatic amines is 1. The van der Waals surface area contributed by atoms with E-state index in [4.69, 9.17) is 0 Å². The Balaban J connectivity index is 1.52. The van der Waals surface area contributed by atoms with Gasteiger partial charge in [-0.3, -0.25) is 4.79 Å². The van der Waals surface area contributed by atoms with E-state index in [2.05, 4.69) is 60.1 Å². The maximum Gasteiger partial charge on any atom is 0.226 e. The molecule has 3 aromatic rings. The van der Waals surface area contributed by atoms with Crippen LogP contribution in [0.5, 0.6) is 0 Å². The van der Waals surface area contributed by atoms with Crippen LogP contribution in [-0.4, -0.2) is 22.3 Å². The number of amides is 1. The number of benzene rings is 2. The summed E-state index contributed by atoms with van der Waals surface area (Å²) in [6.07, 6.45) is 2.73. The van der Waals surface area contributed by atoms with Crippen LogP contribution in [-0.2, 0) is 17.6 Å². The van der Waals surface area contributed by atoms with Crippen molar-refractivity contribution in [2.75, 3.05) is 6.54 Å². The first-order valence-corrected chi connectivity index (χ1v) is 9.58. The number of aromatic nitrogens is 1. The highest BCUT2D eigenvalue weighted by atomic mass is 16.2. The van der Waals surface area contributed by atoms with Gasteiger partial charge >= 0.3 is 0 Å². The molecule has 0 aliphatic carbocycles. The van der Waals surface area contributed by atoms with Crippen molar-refractivity contribution in [1.29, 1.82) is 0 Å². The van der Waals surface area contributed by atoms with Gasteiger partial charge in [-0.25, -0.2) is 0 Å². The van der Waals surface area contributed by atoms with E-state index in [0.29, 0.717) is 5.91 Å². The minimum absolute atomic E-state index is 0.0996. The smallest absolute Gasteiger partial charge is 0.226 e. The predicted octanol–water partition coefficient (Wildman–Crippen LogP) is 4.47. The summed E-state index contributed by atoms with van der Waals surface area (Å²) in [5, 5.41) is 1.36. The van der Waals surface area contributed by atoms with Crippen LogP contribution in [0.25, 0.3) is 10.9 Å². The lowest BCUT2D eigenvalue weighted by Gasteiger charge is -2.29. The van der Waals surface area contributed by atoms with Crippen molar-refractivity contribution >= 4 is 16.8 Å². The molecule has 0 bridgehead atoms. The molecule has 0 radical (unpaired) electrons. The number of H-pyrrole nitrogens is 1. The van der Waals surface area contributed by atoms with E-state index < -0.39 is 0 Å². The molecule has 1 aromatic heterocycles. The number of nitrogens with zero attached hydrogens (tertiary/aromatic N) is 1. The molecule has 132 valence electrons. The van der Waals surface area contributed by atoms with Crippen molar-refractivity contribution < 1.29 is 4.79 Å². The molecule has 0 unspecified atom stereocenters. The summed E-state index contributed by atoms with van der Waals surface area (Å²) in [7, 11) is 0. The second kappa shape index (κ2) is 5.73. The van der Waals surface area contributed by atoms with Gasteiger partial charge in [-0.15, -0.1) is 0 Å². The third kappa shape index (κ3) is 2.30. The van der Waals surface area contributed by atoms with Crippen LogP contribution in [0.1, 0.15) is 40.4 Å². The zero-order valence-corrected chi connectivity index (χ0v) is 15.4. The average Bonchev–Trinajstić information content (AvgIpc) is 3.15. The molecule has 2 aromatic carbocycles. The van der Waals surface area contributed by atoms with Gasteiger partial charge in [-0.05, 0) is 55.9 Å². The van der Waals surface area contributed by atoms with E-state index in [1.807, 2.05) is 6.07 Å². The summed E-state index contributed by atoms with van der Waals surface area (Å²) < 4.78 is 0. The largest absolute Gasteiger partial charge is 0.356 e. The molecule has 3 nitrogen and oxygen atoms in total. The van der Waals surface area contributed by atoms with Crippen LogP contribution in [0.4, 0.5) is 0 Å². The molecule has 3 heteroatoms. The summed E-state index contributed by atoms with van der Waals surface area (Å²) in [5.41, 5.74) is 7.83. The molecule has 1 amide bonds. The Morgan fingerprint density at radius 3 is 2.77 bits per heavy atom. The third-order valence-electron chi connectivity index (χ3n) is 6.17. The van der Waals surface area contributed by atoms with Gasteiger partial charge in [0, 0.05) is 29.1 Å². The van der Waals surface area contributed by atoms with Crippen molar-refractivity contribution in [2.24, 2.45) is 5.92 Å². The van der Waals surface area contributed by atoms with Crippen molar-refractivity contribution in [3.05, 3.63) is 70.4 Å². The number of rotatable bonds is 2. The quantitative estimate of drug-likeness (QED) is 0.731. The lowest BCUT2D eigenvalue weighted by molar-refractivity contribution is -0.132. The number of fused-ring (bicyclic) bond motifs is 5. The summed E-state index contributed by atoms with van der Waals surface area (Å²) in [6, 6.07) is 15.2. The van der Waals surface area contributed by atoms with Gasteiger partial charge in [-0.2, -0.15) is 0 Å². The van der Waals surface area contributed by atoms with Gasteiger partial charge in [-0.1, -0.05) is 42.0 Å². The van der Waals surface area contributed by atoms with Crippen LogP contribution in [0.2, 0.25) is 0 Å². The van der Waals surface area contributed by atoms with Crippen LogP contribution in [0.15, 0.2) is 42.5 Å². The standard InChI is InChI=1S/C23H24N2O/c1-14-10-15(2)21-19(11-14)18-8-9-25-20(22(18)24-21)13-17(23(25)26)12-16-6-4-3-5-7-16/h3-7,10-11,17,20,24H,8-9,12-13H2,1-2H3/t17-,20-/m0/s1. The summed E-state index contributed by atoms with van der Waals surface area (Å²) >= 11 is 0. The lowest BCUT2D eigenvalue weighted by atomic mass is 9.93. The second-order valence-corrected chi connectivity index (χ2v) is 7.94. The van der Waals surface area contributed by atoms with Gasteiger partial charge in [0.1, 0.15) is 0 Å².